The lowest BCUT2D eigenvalue weighted by Crippen LogP contribution is -1.91. The van der Waals surface area contributed by atoms with Gasteiger partial charge < -0.3 is 0 Å². The Balaban J connectivity index is 1.47. The fraction of sp³-hybridized carbons (Fsp3) is 0.250. The monoisotopic (exact) mass is 392 g/mol. The highest BCUT2D eigenvalue weighted by Crippen LogP contribution is 2.31. The Morgan fingerprint density at radius 1 is 0.560 bits per heavy atom. The van der Waals surface area contributed by atoms with E-state index in [2.05, 4.69) is 94.8 Å². The molecule has 0 heterocycles. The lowest BCUT2D eigenvalue weighted by atomic mass is 9.99. The summed E-state index contributed by atoms with van der Waals surface area (Å²) in [4.78, 5) is 0. The van der Waals surface area contributed by atoms with Gasteiger partial charge in [0.15, 0.2) is 0 Å². The normalized spacial score (nSPS) is 10.8. The Hall–Kier alpha value is -1.86. The van der Waals surface area contributed by atoms with E-state index in [1.165, 1.54) is 58.8 Å². The van der Waals surface area contributed by atoms with E-state index in [0.717, 1.165) is 6.42 Å². The van der Waals surface area contributed by atoms with Crippen LogP contribution in [0, 0.1) is 0 Å². The zero-order valence-corrected chi connectivity index (χ0v) is 16.2. The Morgan fingerprint density at radius 2 is 1.20 bits per heavy atom. The highest BCUT2D eigenvalue weighted by atomic mass is 79.9. The van der Waals surface area contributed by atoms with Crippen LogP contribution in [-0.2, 0) is 12.8 Å². The molecule has 0 unspecified atom stereocenters. The highest BCUT2D eigenvalue weighted by Gasteiger charge is 2.07. The van der Waals surface area contributed by atoms with Gasteiger partial charge in [-0.15, -0.1) is 0 Å². The maximum Gasteiger partial charge on any atom is 0.0285 e. The molecule has 0 N–H and O–H groups in total. The Bertz CT molecular complexity index is 763. The molecule has 0 saturated carbocycles. The van der Waals surface area contributed by atoms with Crippen LogP contribution in [0.1, 0.15) is 36.8 Å². The number of benzene rings is 3. The van der Waals surface area contributed by atoms with Gasteiger partial charge in [-0.3, -0.25) is 0 Å². The minimum Gasteiger partial charge on any atom is -0.0622 e. The Morgan fingerprint density at radius 3 is 1.92 bits per heavy atom. The van der Waals surface area contributed by atoms with Crippen molar-refractivity contribution in [3.8, 4) is 11.1 Å². The lowest BCUT2D eigenvalue weighted by molar-refractivity contribution is 0.640. The zero-order valence-electron chi connectivity index (χ0n) is 14.6. The molecule has 0 atom stereocenters. The van der Waals surface area contributed by atoms with Gasteiger partial charge in [-0.1, -0.05) is 91.7 Å². The minimum absolute atomic E-state index is 1.15. The first kappa shape index (κ1) is 17.9. The molecular formula is C24H25Br. The zero-order chi connectivity index (χ0) is 17.3. The van der Waals surface area contributed by atoms with Crippen molar-refractivity contribution >= 4 is 15.9 Å². The molecular weight excluding hydrogens is 368 g/mol. The first-order chi connectivity index (χ1) is 12.3. The molecule has 0 aliphatic heterocycles. The minimum atomic E-state index is 1.15. The molecule has 128 valence electrons. The van der Waals surface area contributed by atoms with Crippen LogP contribution in [0.15, 0.2) is 83.3 Å². The van der Waals surface area contributed by atoms with Gasteiger partial charge in [-0.05, 0) is 63.9 Å². The molecule has 0 bridgehead atoms. The van der Waals surface area contributed by atoms with Crippen molar-refractivity contribution in [2.45, 2.75) is 38.5 Å². The van der Waals surface area contributed by atoms with Gasteiger partial charge in [-0.25, -0.2) is 0 Å². The molecule has 3 aromatic carbocycles. The van der Waals surface area contributed by atoms with Crippen LogP contribution in [0.3, 0.4) is 0 Å². The predicted molar refractivity (Wildman–Crippen MR) is 112 cm³/mol. The van der Waals surface area contributed by atoms with E-state index in [1.54, 1.807) is 0 Å². The summed E-state index contributed by atoms with van der Waals surface area (Å²) in [6, 6.07) is 28.0. The Labute approximate surface area is 160 Å². The van der Waals surface area contributed by atoms with Crippen LogP contribution in [0.4, 0.5) is 0 Å². The van der Waals surface area contributed by atoms with E-state index in [4.69, 9.17) is 0 Å². The third kappa shape index (κ3) is 5.31. The Kier molecular flexibility index (Phi) is 6.88. The summed E-state index contributed by atoms with van der Waals surface area (Å²) in [5.74, 6) is 0. The molecule has 0 fully saturated rings. The molecule has 0 radical (unpaired) electrons. The van der Waals surface area contributed by atoms with Crippen molar-refractivity contribution in [1.82, 2.24) is 0 Å². The smallest absolute Gasteiger partial charge is 0.0285 e. The molecule has 0 saturated heterocycles. The van der Waals surface area contributed by atoms with Crippen molar-refractivity contribution in [1.29, 1.82) is 0 Å². The van der Waals surface area contributed by atoms with Gasteiger partial charge in [-0.2, -0.15) is 0 Å². The standard InChI is InChI=1S/C24H25Br/c25-24-22(18-11-19-23(24)21-15-9-4-10-16-21)17-8-2-1-5-12-20-13-6-3-7-14-20/h3-4,6-7,9-11,13-16,18-19H,1-2,5,8,12,17H2. The maximum atomic E-state index is 3.83. The third-order valence-corrected chi connectivity index (χ3v) is 5.60. The molecule has 0 aliphatic carbocycles. The van der Waals surface area contributed by atoms with Crippen LogP contribution in [-0.4, -0.2) is 0 Å². The number of unbranched alkanes of at least 4 members (excludes halogenated alkanes) is 3. The van der Waals surface area contributed by atoms with Crippen molar-refractivity contribution in [2.75, 3.05) is 0 Å². The third-order valence-electron chi connectivity index (χ3n) is 4.67. The number of aryl methyl sites for hydroxylation is 2. The molecule has 3 rings (SSSR count). The maximum absolute atomic E-state index is 3.83. The van der Waals surface area contributed by atoms with Crippen LogP contribution in [0.5, 0.6) is 0 Å². The van der Waals surface area contributed by atoms with Crippen LogP contribution in [0.25, 0.3) is 11.1 Å². The number of hydrogen-bond acceptors (Lipinski definition) is 0. The van der Waals surface area contributed by atoms with Gasteiger partial charge in [0, 0.05) is 4.47 Å². The topological polar surface area (TPSA) is 0 Å². The van der Waals surface area contributed by atoms with E-state index in [1.807, 2.05) is 0 Å². The average Bonchev–Trinajstić information content (AvgIpc) is 2.67. The van der Waals surface area contributed by atoms with Gasteiger partial charge >= 0.3 is 0 Å². The summed E-state index contributed by atoms with van der Waals surface area (Å²) >= 11 is 3.83. The molecule has 0 nitrogen and oxygen atoms in total. The first-order valence-corrected chi connectivity index (χ1v) is 10.0. The van der Waals surface area contributed by atoms with E-state index in [0.29, 0.717) is 0 Å². The molecule has 1 heteroatoms. The number of halogens is 1. The fourth-order valence-electron chi connectivity index (χ4n) is 3.26. The van der Waals surface area contributed by atoms with Crippen LogP contribution >= 0.6 is 15.9 Å². The first-order valence-electron chi connectivity index (χ1n) is 9.21. The molecule has 0 aliphatic rings. The highest BCUT2D eigenvalue weighted by molar-refractivity contribution is 9.10. The molecule has 0 aromatic heterocycles. The van der Waals surface area contributed by atoms with Gasteiger partial charge in [0.05, 0.1) is 0 Å². The molecule has 25 heavy (non-hydrogen) atoms. The van der Waals surface area contributed by atoms with Gasteiger partial charge in [0.2, 0.25) is 0 Å². The second-order valence-corrected chi connectivity index (χ2v) is 7.34. The van der Waals surface area contributed by atoms with Crippen LogP contribution in [0.2, 0.25) is 0 Å². The summed E-state index contributed by atoms with van der Waals surface area (Å²) in [7, 11) is 0. The van der Waals surface area contributed by atoms with Crippen LogP contribution < -0.4 is 0 Å². The summed E-state index contributed by atoms with van der Waals surface area (Å²) in [5, 5.41) is 0. The summed E-state index contributed by atoms with van der Waals surface area (Å²) in [5.41, 5.74) is 5.45. The SMILES string of the molecule is Brc1c(CCCCCCc2ccccc2)cccc1-c1ccccc1. The molecule has 3 aromatic rings. The number of hydrogen-bond donors (Lipinski definition) is 0. The van der Waals surface area contributed by atoms with E-state index >= 15 is 0 Å². The van der Waals surface area contributed by atoms with Crippen molar-refractivity contribution in [2.24, 2.45) is 0 Å². The van der Waals surface area contributed by atoms with Crippen molar-refractivity contribution < 1.29 is 0 Å². The lowest BCUT2D eigenvalue weighted by Gasteiger charge is -2.10. The second kappa shape index (κ2) is 9.58. The van der Waals surface area contributed by atoms with E-state index in [-0.39, 0.29) is 0 Å². The van der Waals surface area contributed by atoms with Crippen molar-refractivity contribution in [3.63, 3.8) is 0 Å². The largest absolute Gasteiger partial charge is 0.0622 e. The van der Waals surface area contributed by atoms with E-state index in [9.17, 15) is 0 Å². The molecule has 0 spiro atoms. The average molecular weight is 393 g/mol. The van der Waals surface area contributed by atoms with Gasteiger partial charge in [0.1, 0.15) is 0 Å². The fourth-order valence-corrected chi connectivity index (χ4v) is 3.95. The summed E-state index contributed by atoms with van der Waals surface area (Å²) in [6.45, 7) is 0. The predicted octanol–water partition coefficient (Wildman–Crippen LogP) is 7.46. The van der Waals surface area contributed by atoms with Crippen molar-refractivity contribution in [3.05, 3.63) is 94.5 Å². The second-order valence-electron chi connectivity index (χ2n) is 6.54. The summed E-state index contributed by atoms with van der Waals surface area (Å²) < 4.78 is 1.26. The van der Waals surface area contributed by atoms with E-state index < -0.39 is 0 Å². The number of rotatable bonds is 8. The van der Waals surface area contributed by atoms with Gasteiger partial charge in [0.25, 0.3) is 0 Å². The quantitative estimate of drug-likeness (QED) is 0.348. The molecule has 0 amide bonds. The summed E-state index contributed by atoms with van der Waals surface area (Å²) in [6.07, 6.45) is 7.50.